The van der Waals surface area contributed by atoms with Crippen molar-refractivity contribution in [3.63, 3.8) is 0 Å². The van der Waals surface area contributed by atoms with Crippen LogP contribution in [0.5, 0.6) is 0 Å². The van der Waals surface area contributed by atoms with E-state index >= 15 is 0 Å². The summed E-state index contributed by atoms with van der Waals surface area (Å²) in [7, 11) is -4.29. The molecule has 0 unspecified atom stereocenters. The number of hydrogen-bond donors (Lipinski definition) is 2. The Labute approximate surface area is 166 Å². The zero-order chi connectivity index (χ0) is 21.4. The molecule has 0 saturated carbocycles. The fourth-order valence-electron chi connectivity index (χ4n) is 2.43. The molecule has 3 rings (SSSR count). The van der Waals surface area contributed by atoms with Crippen LogP contribution in [0.1, 0.15) is 15.2 Å². The SMILES string of the molecule is NC(=O)c1sc(-c2ccc(F)cc2)cc1NS(=O)(=O)c1ccc(C(F)(F)F)cc1. The summed E-state index contributed by atoms with van der Waals surface area (Å²) in [5.41, 5.74) is 4.71. The number of benzene rings is 2. The number of primary amides is 1. The second-order valence-corrected chi connectivity index (χ2v) is 8.59. The predicted octanol–water partition coefficient (Wildman–Crippen LogP) is 4.47. The quantitative estimate of drug-likeness (QED) is 0.569. The number of thiophene rings is 1. The summed E-state index contributed by atoms with van der Waals surface area (Å²) in [4.78, 5) is 11.6. The first-order chi connectivity index (χ1) is 13.5. The van der Waals surface area contributed by atoms with E-state index in [1.165, 1.54) is 30.3 Å². The predicted molar refractivity (Wildman–Crippen MR) is 100 cm³/mol. The van der Waals surface area contributed by atoms with E-state index in [-0.39, 0.29) is 10.6 Å². The van der Waals surface area contributed by atoms with Gasteiger partial charge in [0.2, 0.25) is 0 Å². The molecule has 1 amide bonds. The molecule has 0 saturated heterocycles. The molecule has 5 nitrogen and oxygen atoms in total. The molecule has 2 aromatic carbocycles. The normalized spacial score (nSPS) is 12.0. The average Bonchev–Trinajstić information content (AvgIpc) is 3.05. The fourth-order valence-corrected chi connectivity index (χ4v) is 4.53. The third-order valence-corrected chi connectivity index (χ3v) is 6.40. The lowest BCUT2D eigenvalue weighted by Crippen LogP contribution is -2.17. The summed E-state index contributed by atoms with van der Waals surface area (Å²) in [6.45, 7) is 0. The summed E-state index contributed by atoms with van der Waals surface area (Å²) in [6.07, 6.45) is -4.60. The van der Waals surface area contributed by atoms with Crippen LogP contribution in [0.3, 0.4) is 0 Å². The number of nitrogens with one attached hydrogen (secondary N) is 1. The molecule has 0 aliphatic rings. The standard InChI is InChI=1S/C18H12F4N2O3S2/c19-12-5-1-10(2-6-12)15-9-14(16(28-15)17(23)25)24-29(26,27)13-7-3-11(4-8-13)18(20,21)22/h1-9,24H,(H2,23,25). The van der Waals surface area contributed by atoms with Crippen LogP contribution in [-0.2, 0) is 16.2 Å². The topological polar surface area (TPSA) is 89.3 Å². The van der Waals surface area contributed by atoms with Crippen molar-refractivity contribution in [3.8, 4) is 10.4 Å². The summed E-state index contributed by atoms with van der Waals surface area (Å²) in [5, 5.41) is 0. The monoisotopic (exact) mass is 444 g/mol. The maximum absolute atomic E-state index is 13.1. The Morgan fingerprint density at radius 3 is 2.10 bits per heavy atom. The minimum absolute atomic E-state index is 0.0974. The number of hydrogen-bond acceptors (Lipinski definition) is 4. The summed E-state index contributed by atoms with van der Waals surface area (Å²) >= 11 is 0.896. The highest BCUT2D eigenvalue weighted by atomic mass is 32.2. The maximum atomic E-state index is 13.1. The van der Waals surface area contributed by atoms with Gasteiger partial charge in [-0.25, -0.2) is 12.8 Å². The Bertz CT molecular complexity index is 1150. The van der Waals surface area contributed by atoms with Crippen molar-refractivity contribution in [1.29, 1.82) is 0 Å². The van der Waals surface area contributed by atoms with Crippen molar-refractivity contribution in [3.05, 3.63) is 70.9 Å². The maximum Gasteiger partial charge on any atom is 0.416 e. The number of alkyl halides is 3. The van der Waals surface area contributed by atoms with Crippen molar-refractivity contribution in [2.45, 2.75) is 11.1 Å². The molecular weight excluding hydrogens is 432 g/mol. The van der Waals surface area contributed by atoms with E-state index in [9.17, 15) is 30.8 Å². The van der Waals surface area contributed by atoms with Crippen LogP contribution < -0.4 is 10.5 Å². The average molecular weight is 444 g/mol. The smallest absolute Gasteiger partial charge is 0.365 e. The van der Waals surface area contributed by atoms with Crippen molar-refractivity contribution in [2.75, 3.05) is 4.72 Å². The number of anilines is 1. The highest BCUT2D eigenvalue weighted by Gasteiger charge is 2.31. The molecule has 0 radical (unpaired) electrons. The van der Waals surface area contributed by atoms with Crippen molar-refractivity contribution >= 4 is 33.0 Å². The number of carbonyl (C=O) groups excluding carboxylic acids is 1. The van der Waals surface area contributed by atoms with Crippen LogP contribution in [0.4, 0.5) is 23.2 Å². The fraction of sp³-hybridized carbons (Fsp3) is 0.0556. The van der Waals surface area contributed by atoms with Crippen LogP contribution in [0.25, 0.3) is 10.4 Å². The molecule has 1 heterocycles. The molecule has 3 aromatic rings. The molecule has 29 heavy (non-hydrogen) atoms. The van der Waals surface area contributed by atoms with Crippen LogP contribution >= 0.6 is 11.3 Å². The molecule has 1 aromatic heterocycles. The zero-order valence-electron chi connectivity index (χ0n) is 14.3. The van der Waals surface area contributed by atoms with Crippen molar-refractivity contribution < 1.29 is 30.8 Å². The highest BCUT2D eigenvalue weighted by molar-refractivity contribution is 7.92. The minimum atomic E-state index is -4.60. The Kier molecular flexibility index (Phi) is 5.37. The molecule has 0 aliphatic carbocycles. The second-order valence-electron chi connectivity index (χ2n) is 5.85. The molecule has 3 N–H and O–H groups in total. The molecular formula is C18H12F4N2O3S2. The molecule has 0 bridgehead atoms. The van der Waals surface area contributed by atoms with Gasteiger partial charge in [-0.1, -0.05) is 12.1 Å². The van der Waals surface area contributed by atoms with Crippen LogP contribution in [0, 0.1) is 5.82 Å². The lowest BCUT2D eigenvalue weighted by molar-refractivity contribution is -0.137. The first kappa shape index (κ1) is 20.8. The van der Waals surface area contributed by atoms with E-state index in [0.29, 0.717) is 22.6 Å². The lowest BCUT2D eigenvalue weighted by Gasteiger charge is -2.10. The number of sulfonamides is 1. The van der Waals surface area contributed by atoms with Gasteiger partial charge in [-0.05, 0) is 48.0 Å². The Balaban J connectivity index is 1.95. The summed E-state index contributed by atoms with van der Waals surface area (Å²) in [6, 6.07) is 9.53. The third-order valence-electron chi connectivity index (χ3n) is 3.82. The molecule has 152 valence electrons. The van der Waals surface area contributed by atoms with E-state index in [1.807, 2.05) is 0 Å². The van der Waals surface area contributed by atoms with E-state index < -0.39 is 38.4 Å². The molecule has 0 fully saturated rings. The highest BCUT2D eigenvalue weighted by Crippen LogP contribution is 2.36. The van der Waals surface area contributed by atoms with E-state index in [0.717, 1.165) is 23.5 Å². The summed E-state index contributed by atoms with van der Waals surface area (Å²) in [5.74, 6) is -1.36. The van der Waals surface area contributed by atoms with Gasteiger partial charge in [0.25, 0.3) is 15.9 Å². The van der Waals surface area contributed by atoms with Gasteiger partial charge in [0.1, 0.15) is 10.7 Å². The van der Waals surface area contributed by atoms with Gasteiger partial charge < -0.3 is 5.73 Å². The third kappa shape index (κ3) is 4.57. The number of halogens is 4. The van der Waals surface area contributed by atoms with Gasteiger partial charge in [0.05, 0.1) is 16.1 Å². The van der Waals surface area contributed by atoms with E-state index in [4.69, 9.17) is 5.73 Å². The number of nitrogens with two attached hydrogens (primary N) is 1. The van der Waals surface area contributed by atoms with Gasteiger partial charge in [-0.2, -0.15) is 13.2 Å². The Hall–Kier alpha value is -2.92. The van der Waals surface area contributed by atoms with Gasteiger partial charge in [-0.3, -0.25) is 9.52 Å². The molecule has 11 heteroatoms. The zero-order valence-corrected chi connectivity index (χ0v) is 16.0. The largest absolute Gasteiger partial charge is 0.416 e. The molecule has 0 atom stereocenters. The van der Waals surface area contributed by atoms with Crippen LogP contribution in [0.15, 0.2) is 59.5 Å². The first-order valence-corrected chi connectivity index (χ1v) is 10.2. The Morgan fingerprint density at radius 1 is 1.00 bits per heavy atom. The number of carbonyl (C=O) groups is 1. The lowest BCUT2D eigenvalue weighted by atomic mass is 10.2. The summed E-state index contributed by atoms with van der Waals surface area (Å²) < 4.78 is 78.3. The van der Waals surface area contributed by atoms with Gasteiger partial charge >= 0.3 is 6.18 Å². The van der Waals surface area contributed by atoms with Gasteiger partial charge in [0.15, 0.2) is 0 Å². The van der Waals surface area contributed by atoms with Crippen molar-refractivity contribution in [1.82, 2.24) is 0 Å². The Morgan fingerprint density at radius 2 is 1.59 bits per heavy atom. The first-order valence-electron chi connectivity index (χ1n) is 7.87. The van der Waals surface area contributed by atoms with Crippen LogP contribution in [-0.4, -0.2) is 14.3 Å². The van der Waals surface area contributed by atoms with Crippen molar-refractivity contribution in [2.24, 2.45) is 5.73 Å². The second kappa shape index (κ2) is 7.48. The van der Waals surface area contributed by atoms with Gasteiger partial charge in [0, 0.05) is 4.88 Å². The van der Waals surface area contributed by atoms with Crippen LogP contribution in [0.2, 0.25) is 0 Å². The van der Waals surface area contributed by atoms with Gasteiger partial charge in [-0.15, -0.1) is 11.3 Å². The number of rotatable bonds is 5. The number of amides is 1. The van der Waals surface area contributed by atoms with E-state index in [1.54, 1.807) is 0 Å². The molecule has 0 aliphatic heterocycles. The molecule has 0 spiro atoms. The minimum Gasteiger partial charge on any atom is -0.365 e. The van der Waals surface area contributed by atoms with E-state index in [2.05, 4.69) is 4.72 Å².